The van der Waals surface area contributed by atoms with E-state index in [1.54, 1.807) is 6.07 Å². The maximum atomic E-state index is 14.7. The molecule has 0 aliphatic carbocycles. The Hall–Kier alpha value is -4.85. The monoisotopic (exact) mass is 547 g/mol. The molecule has 0 unspecified atom stereocenters. The number of aromatic nitrogens is 1. The molecule has 2 amide bonds. The number of anilines is 2. The lowest BCUT2D eigenvalue weighted by Crippen LogP contribution is -2.21. The number of amides is 2. The van der Waals surface area contributed by atoms with Crippen molar-refractivity contribution >= 4 is 51.6 Å². The highest BCUT2D eigenvalue weighted by Gasteiger charge is 2.25. The third kappa shape index (κ3) is 5.15. The third-order valence-corrected chi connectivity index (χ3v) is 6.17. The number of halogens is 3. The van der Waals surface area contributed by atoms with Crippen molar-refractivity contribution in [3.63, 3.8) is 0 Å². The van der Waals surface area contributed by atoms with Gasteiger partial charge in [-0.2, -0.15) is 0 Å². The topological polar surface area (TPSA) is 147 Å². The van der Waals surface area contributed by atoms with Crippen LogP contribution in [0, 0.1) is 17.5 Å². The molecular formula is C24H16F3N3O7S. The number of thiophene rings is 1. The standard InChI is InChI=1S/C24H16F3N3O7S/c1-36-16-6-12(25)14(29-24(35)30-15-9-38-21(23(33)34)18(15)22(31)32)7-17(16)37-8-11-19(27)13(26)5-10-3-2-4-28-20(10)11/h2-7,9H,8H2,1H3,(H,31,32)(H,33,34)(H2,29,30,35). The second kappa shape index (κ2) is 10.6. The van der Waals surface area contributed by atoms with Crippen molar-refractivity contribution in [3.05, 3.63) is 75.4 Å². The lowest BCUT2D eigenvalue weighted by Gasteiger charge is -2.15. The van der Waals surface area contributed by atoms with Crippen molar-refractivity contribution in [1.29, 1.82) is 0 Å². The Morgan fingerprint density at radius 1 is 1.00 bits per heavy atom. The van der Waals surface area contributed by atoms with E-state index in [-0.39, 0.29) is 28.3 Å². The van der Waals surface area contributed by atoms with Crippen LogP contribution in [0.3, 0.4) is 0 Å². The van der Waals surface area contributed by atoms with Gasteiger partial charge in [-0.05, 0) is 12.1 Å². The fourth-order valence-electron chi connectivity index (χ4n) is 3.51. The van der Waals surface area contributed by atoms with E-state index in [4.69, 9.17) is 14.6 Å². The zero-order valence-electron chi connectivity index (χ0n) is 19.2. The molecule has 38 heavy (non-hydrogen) atoms. The summed E-state index contributed by atoms with van der Waals surface area (Å²) in [5, 5.41) is 24.2. The molecule has 4 rings (SSSR count). The molecule has 2 aromatic carbocycles. The van der Waals surface area contributed by atoms with E-state index in [1.165, 1.54) is 19.4 Å². The van der Waals surface area contributed by atoms with Gasteiger partial charge in [-0.25, -0.2) is 27.6 Å². The van der Waals surface area contributed by atoms with Gasteiger partial charge in [0.25, 0.3) is 0 Å². The molecule has 4 N–H and O–H groups in total. The number of benzene rings is 2. The summed E-state index contributed by atoms with van der Waals surface area (Å²) in [6.45, 7) is -0.528. The van der Waals surface area contributed by atoms with Crippen LogP contribution in [-0.2, 0) is 6.61 Å². The van der Waals surface area contributed by atoms with Gasteiger partial charge < -0.3 is 30.3 Å². The summed E-state index contributed by atoms with van der Waals surface area (Å²) in [6.07, 6.45) is 1.39. The van der Waals surface area contributed by atoms with Gasteiger partial charge in [0.15, 0.2) is 29.0 Å². The number of hydrogen-bond donors (Lipinski definition) is 4. The minimum absolute atomic E-state index is 0.125. The maximum absolute atomic E-state index is 14.7. The van der Waals surface area contributed by atoms with Crippen LogP contribution in [0.2, 0.25) is 0 Å². The SMILES string of the molecule is COc1cc(F)c(NC(=O)Nc2csc(C(=O)O)c2C(=O)O)cc1OCc1c(F)c(F)cc2cccnc12. The van der Waals surface area contributed by atoms with Crippen LogP contribution in [0.5, 0.6) is 11.5 Å². The Morgan fingerprint density at radius 3 is 2.42 bits per heavy atom. The van der Waals surface area contributed by atoms with Gasteiger partial charge in [0.2, 0.25) is 0 Å². The first-order valence-corrected chi connectivity index (χ1v) is 11.4. The average Bonchev–Trinajstić information content (AvgIpc) is 3.30. The number of ether oxygens (including phenoxy) is 2. The average molecular weight is 547 g/mol. The summed E-state index contributed by atoms with van der Waals surface area (Å²) in [6, 6.07) is 4.88. The molecule has 2 heterocycles. The van der Waals surface area contributed by atoms with E-state index in [0.29, 0.717) is 16.7 Å². The molecule has 10 nitrogen and oxygen atoms in total. The van der Waals surface area contributed by atoms with Gasteiger partial charge >= 0.3 is 18.0 Å². The normalized spacial score (nSPS) is 10.7. The summed E-state index contributed by atoms with van der Waals surface area (Å²) in [4.78, 5) is 38.7. The minimum atomic E-state index is -1.59. The zero-order valence-corrected chi connectivity index (χ0v) is 20.0. The number of pyridine rings is 1. The van der Waals surface area contributed by atoms with Crippen LogP contribution in [0.15, 0.2) is 41.9 Å². The van der Waals surface area contributed by atoms with Crippen LogP contribution >= 0.6 is 11.3 Å². The van der Waals surface area contributed by atoms with E-state index in [1.807, 2.05) is 0 Å². The van der Waals surface area contributed by atoms with Crippen molar-refractivity contribution in [3.8, 4) is 11.5 Å². The molecule has 0 saturated carbocycles. The first kappa shape index (κ1) is 26.2. The molecule has 2 aromatic heterocycles. The Bertz CT molecular complexity index is 1590. The highest BCUT2D eigenvalue weighted by molar-refractivity contribution is 7.13. The van der Waals surface area contributed by atoms with Crippen LogP contribution in [-0.4, -0.2) is 40.3 Å². The molecular weight excluding hydrogens is 531 g/mol. The highest BCUT2D eigenvalue weighted by Crippen LogP contribution is 2.35. The second-order valence-electron chi connectivity index (χ2n) is 7.54. The minimum Gasteiger partial charge on any atom is -0.493 e. The maximum Gasteiger partial charge on any atom is 0.346 e. The molecule has 14 heteroatoms. The van der Waals surface area contributed by atoms with Gasteiger partial charge in [0, 0.05) is 29.1 Å². The highest BCUT2D eigenvalue weighted by atomic mass is 32.1. The van der Waals surface area contributed by atoms with Gasteiger partial charge in [-0.15, -0.1) is 11.3 Å². The number of carboxylic acid groups (broad SMARTS) is 2. The molecule has 0 spiro atoms. The fourth-order valence-corrected chi connectivity index (χ4v) is 4.34. The number of urea groups is 1. The van der Waals surface area contributed by atoms with Crippen molar-refractivity contribution < 1.29 is 47.2 Å². The van der Waals surface area contributed by atoms with Gasteiger partial charge in [0.05, 0.1) is 29.6 Å². The first-order valence-electron chi connectivity index (χ1n) is 10.5. The van der Waals surface area contributed by atoms with Gasteiger partial charge in [-0.1, -0.05) is 6.07 Å². The Kier molecular flexibility index (Phi) is 7.34. The number of hydrogen-bond acceptors (Lipinski definition) is 7. The van der Waals surface area contributed by atoms with E-state index in [2.05, 4.69) is 15.6 Å². The number of methoxy groups -OCH3 is 1. The molecule has 196 valence electrons. The number of carboxylic acids is 2. The van der Waals surface area contributed by atoms with Crippen molar-refractivity contribution in [2.75, 3.05) is 17.7 Å². The summed E-state index contributed by atoms with van der Waals surface area (Å²) in [5.74, 6) is -6.62. The number of fused-ring (bicyclic) bond motifs is 1. The summed E-state index contributed by atoms with van der Waals surface area (Å²) in [7, 11) is 1.21. The lowest BCUT2D eigenvalue weighted by atomic mass is 10.1. The molecule has 0 atom stereocenters. The quantitative estimate of drug-likeness (QED) is 0.231. The summed E-state index contributed by atoms with van der Waals surface area (Å²) in [5.41, 5.74) is -1.45. The van der Waals surface area contributed by atoms with E-state index < -0.39 is 58.2 Å². The number of nitrogens with one attached hydrogen (secondary N) is 2. The zero-order chi connectivity index (χ0) is 27.6. The summed E-state index contributed by atoms with van der Waals surface area (Å²) < 4.78 is 54.0. The number of nitrogens with zero attached hydrogens (tertiary/aromatic N) is 1. The molecule has 0 saturated heterocycles. The van der Waals surface area contributed by atoms with Crippen molar-refractivity contribution in [2.24, 2.45) is 0 Å². The van der Waals surface area contributed by atoms with Crippen molar-refractivity contribution in [2.45, 2.75) is 6.61 Å². The molecule has 0 aliphatic rings. The van der Waals surface area contributed by atoms with Gasteiger partial charge in [0.1, 0.15) is 17.0 Å². The summed E-state index contributed by atoms with van der Waals surface area (Å²) >= 11 is 0.583. The Balaban J connectivity index is 1.59. The van der Waals surface area contributed by atoms with Crippen LogP contribution < -0.4 is 20.1 Å². The van der Waals surface area contributed by atoms with Crippen LogP contribution in [0.4, 0.5) is 29.3 Å². The largest absolute Gasteiger partial charge is 0.493 e. The predicted octanol–water partition coefficient (Wildman–Crippen LogP) is 5.34. The first-order chi connectivity index (χ1) is 18.1. The fraction of sp³-hybridized carbons (Fsp3) is 0.0833. The molecule has 0 bridgehead atoms. The third-order valence-electron chi connectivity index (χ3n) is 5.20. The molecule has 0 aliphatic heterocycles. The van der Waals surface area contributed by atoms with Crippen LogP contribution in [0.1, 0.15) is 25.6 Å². The smallest absolute Gasteiger partial charge is 0.346 e. The number of carbonyl (C=O) groups is 3. The van der Waals surface area contributed by atoms with Gasteiger partial charge in [-0.3, -0.25) is 4.98 Å². The molecule has 4 aromatic rings. The number of rotatable bonds is 8. The molecule has 0 fully saturated rings. The van der Waals surface area contributed by atoms with Crippen molar-refractivity contribution in [1.82, 2.24) is 4.98 Å². The van der Waals surface area contributed by atoms with E-state index in [0.717, 1.165) is 23.6 Å². The van der Waals surface area contributed by atoms with E-state index in [9.17, 15) is 32.7 Å². The Morgan fingerprint density at radius 2 is 1.74 bits per heavy atom. The number of carbonyl (C=O) groups excluding carboxylic acids is 1. The number of aromatic carboxylic acids is 2. The Labute approximate surface area is 215 Å². The second-order valence-corrected chi connectivity index (χ2v) is 8.42. The molecule has 0 radical (unpaired) electrons. The van der Waals surface area contributed by atoms with Crippen LogP contribution in [0.25, 0.3) is 10.9 Å². The van der Waals surface area contributed by atoms with E-state index >= 15 is 0 Å². The lowest BCUT2D eigenvalue weighted by molar-refractivity contribution is 0.0657. The predicted molar refractivity (Wildman–Crippen MR) is 130 cm³/mol.